The number of hydrogen-bond acceptors (Lipinski definition) is 5. The van der Waals surface area contributed by atoms with Crippen molar-refractivity contribution in [3.63, 3.8) is 0 Å². The summed E-state index contributed by atoms with van der Waals surface area (Å²) in [4.78, 5) is 21.0. The molecule has 0 aliphatic heterocycles. The number of ether oxygens (including phenoxy) is 1. The molecular weight excluding hydrogens is 328 g/mol. The van der Waals surface area contributed by atoms with Gasteiger partial charge in [0.15, 0.2) is 0 Å². The van der Waals surface area contributed by atoms with Gasteiger partial charge in [-0.1, -0.05) is 23.9 Å². The van der Waals surface area contributed by atoms with Crippen molar-refractivity contribution < 1.29 is 9.53 Å². The van der Waals surface area contributed by atoms with Crippen LogP contribution in [-0.4, -0.2) is 23.0 Å². The highest BCUT2D eigenvalue weighted by Gasteiger charge is 2.16. The molecule has 0 unspecified atom stereocenters. The highest BCUT2D eigenvalue weighted by atomic mass is 79.9. The van der Waals surface area contributed by atoms with Gasteiger partial charge in [-0.05, 0) is 35.0 Å². The Bertz CT molecular complexity index is 619. The van der Waals surface area contributed by atoms with Gasteiger partial charge in [-0.25, -0.2) is 14.8 Å². The van der Waals surface area contributed by atoms with Gasteiger partial charge in [-0.2, -0.15) is 0 Å². The average Bonchev–Trinajstić information content (AvgIpc) is 2.41. The maximum atomic E-state index is 11.7. The normalized spacial score (nSPS) is 10.3. The zero-order chi connectivity index (χ0) is 13.8. The second-order valence-electron chi connectivity index (χ2n) is 3.66. The van der Waals surface area contributed by atoms with Crippen molar-refractivity contribution in [1.29, 1.82) is 0 Å². The average molecular weight is 339 g/mol. The minimum Gasteiger partial charge on any atom is -0.465 e. The van der Waals surface area contributed by atoms with Crippen molar-refractivity contribution >= 4 is 33.7 Å². The van der Waals surface area contributed by atoms with E-state index in [4.69, 9.17) is 4.74 Å². The van der Waals surface area contributed by atoms with E-state index in [2.05, 4.69) is 25.9 Å². The van der Waals surface area contributed by atoms with E-state index in [0.717, 1.165) is 9.37 Å². The molecule has 19 heavy (non-hydrogen) atoms. The first-order chi connectivity index (χ1) is 9.11. The Morgan fingerprint density at radius 3 is 2.79 bits per heavy atom. The monoisotopic (exact) mass is 338 g/mol. The summed E-state index contributed by atoms with van der Waals surface area (Å²) in [5, 5.41) is 0.589. The molecular formula is C13H11BrN2O2S. The van der Waals surface area contributed by atoms with E-state index in [1.54, 1.807) is 6.92 Å². The van der Waals surface area contributed by atoms with E-state index in [9.17, 15) is 4.79 Å². The molecule has 0 amide bonds. The minimum atomic E-state index is -0.436. The Hall–Kier alpha value is -1.40. The Labute approximate surface area is 123 Å². The van der Waals surface area contributed by atoms with Crippen molar-refractivity contribution in [2.75, 3.05) is 7.11 Å². The number of hydrogen-bond donors (Lipinski definition) is 0. The smallest absolute Gasteiger partial charge is 0.342 e. The summed E-state index contributed by atoms with van der Waals surface area (Å²) < 4.78 is 5.69. The molecule has 0 spiro atoms. The summed E-state index contributed by atoms with van der Waals surface area (Å²) >= 11 is 4.87. The summed E-state index contributed by atoms with van der Waals surface area (Å²) in [5.74, 6) is 0.178. The lowest BCUT2D eigenvalue weighted by atomic mass is 10.3. The summed E-state index contributed by atoms with van der Waals surface area (Å²) in [5.41, 5.74) is 0.369. The molecule has 2 aromatic rings. The van der Waals surface area contributed by atoms with E-state index in [1.165, 1.54) is 25.1 Å². The number of aromatic nitrogens is 2. The number of benzene rings is 1. The number of esters is 1. The molecule has 0 bridgehead atoms. The molecule has 2 rings (SSSR count). The number of methoxy groups -OCH3 is 1. The van der Waals surface area contributed by atoms with Crippen LogP contribution in [0.25, 0.3) is 0 Å². The zero-order valence-corrected chi connectivity index (χ0v) is 12.8. The van der Waals surface area contributed by atoms with E-state index >= 15 is 0 Å². The van der Waals surface area contributed by atoms with Gasteiger partial charge in [0, 0.05) is 15.6 Å². The van der Waals surface area contributed by atoms with Gasteiger partial charge in [-0.15, -0.1) is 0 Å². The Morgan fingerprint density at radius 1 is 1.37 bits per heavy atom. The summed E-state index contributed by atoms with van der Waals surface area (Å²) in [6.45, 7) is 1.78. The lowest BCUT2D eigenvalue weighted by Crippen LogP contribution is -2.06. The predicted molar refractivity (Wildman–Crippen MR) is 76.4 cm³/mol. The fourth-order valence-electron chi connectivity index (χ4n) is 1.41. The van der Waals surface area contributed by atoms with Gasteiger partial charge < -0.3 is 4.74 Å². The minimum absolute atomic E-state index is 0.369. The SMILES string of the molecule is COC(=O)c1cnc(C)nc1Sc1ccccc1Br. The quantitative estimate of drug-likeness (QED) is 0.633. The van der Waals surface area contributed by atoms with Crippen molar-refractivity contribution in [3.05, 3.63) is 46.3 Å². The number of halogens is 1. The van der Waals surface area contributed by atoms with Crippen molar-refractivity contribution in [1.82, 2.24) is 9.97 Å². The van der Waals surface area contributed by atoms with Gasteiger partial charge in [0.1, 0.15) is 16.4 Å². The molecule has 4 nitrogen and oxygen atoms in total. The van der Waals surface area contributed by atoms with Gasteiger partial charge in [0.05, 0.1) is 7.11 Å². The van der Waals surface area contributed by atoms with E-state index in [1.807, 2.05) is 24.3 Å². The summed E-state index contributed by atoms with van der Waals surface area (Å²) in [6, 6.07) is 7.75. The fraction of sp³-hybridized carbons (Fsp3) is 0.154. The molecule has 98 valence electrons. The van der Waals surface area contributed by atoms with Crippen LogP contribution in [0.4, 0.5) is 0 Å². The van der Waals surface area contributed by atoms with Crippen LogP contribution < -0.4 is 0 Å². The summed E-state index contributed by atoms with van der Waals surface area (Å²) in [7, 11) is 1.34. The zero-order valence-electron chi connectivity index (χ0n) is 10.4. The van der Waals surface area contributed by atoms with E-state index < -0.39 is 5.97 Å². The van der Waals surface area contributed by atoms with Crippen molar-refractivity contribution in [2.24, 2.45) is 0 Å². The van der Waals surface area contributed by atoms with Crippen LogP contribution in [0, 0.1) is 6.92 Å². The number of rotatable bonds is 3. The van der Waals surface area contributed by atoms with E-state index in [0.29, 0.717) is 16.4 Å². The molecule has 0 aliphatic rings. The number of carbonyl (C=O) groups excluding carboxylic acids is 1. The molecule has 0 radical (unpaired) electrons. The molecule has 0 saturated carbocycles. The number of carbonyl (C=O) groups is 1. The van der Waals surface area contributed by atoms with Gasteiger partial charge in [0.25, 0.3) is 0 Å². The van der Waals surface area contributed by atoms with Crippen LogP contribution in [0.2, 0.25) is 0 Å². The first-order valence-electron chi connectivity index (χ1n) is 5.46. The molecule has 0 atom stereocenters. The van der Waals surface area contributed by atoms with Crippen LogP contribution in [-0.2, 0) is 4.74 Å². The molecule has 0 N–H and O–H groups in total. The Kier molecular flexibility index (Phi) is 4.55. The molecule has 0 aliphatic carbocycles. The second-order valence-corrected chi connectivity index (χ2v) is 5.55. The third-order valence-electron chi connectivity index (χ3n) is 2.32. The highest BCUT2D eigenvalue weighted by molar-refractivity contribution is 9.10. The molecule has 1 aromatic carbocycles. The third-order valence-corrected chi connectivity index (χ3v) is 4.36. The van der Waals surface area contributed by atoms with Crippen LogP contribution in [0.5, 0.6) is 0 Å². The lowest BCUT2D eigenvalue weighted by molar-refractivity contribution is 0.0595. The van der Waals surface area contributed by atoms with Gasteiger partial charge in [-0.3, -0.25) is 0 Å². The maximum Gasteiger partial charge on any atom is 0.342 e. The van der Waals surface area contributed by atoms with E-state index in [-0.39, 0.29) is 0 Å². The highest BCUT2D eigenvalue weighted by Crippen LogP contribution is 2.33. The number of nitrogens with zero attached hydrogens (tertiary/aromatic N) is 2. The lowest BCUT2D eigenvalue weighted by Gasteiger charge is -2.08. The van der Waals surface area contributed by atoms with Gasteiger partial charge >= 0.3 is 5.97 Å². The van der Waals surface area contributed by atoms with Crippen LogP contribution in [0.15, 0.2) is 44.9 Å². The topological polar surface area (TPSA) is 52.1 Å². The van der Waals surface area contributed by atoms with Crippen molar-refractivity contribution in [3.8, 4) is 0 Å². The molecule has 1 aromatic heterocycles. The fourth-order valence-corrected chi connectivity index (χ4v) is 2.88. The first-order valence-corrected chi connectivity index (χ1v) is 7.07. The standard InChI is InChI=1S/C13H11BrN2O2S/c1-8-15-7-9(13(17)18-2)12(16-8)19-11-6-4-3-5-10(11)14/h3-7H,1-2H3. The maximum absolute atomic E-state index is 11.7. The van der Waals surface area contributed by atoms with Crippen molar-refractivity contribution in [2.45, 2.75) is 16.8 Å². The van der Waals surface area contributed by atoms with Gasteiger partial charge in [0.2, 0.25) is 0 Å². The third kappa shape index (κ3) is 3.33. The van der Waals surface area contributed by atoms with Crippen LogP contribution in [0.3, 0.4) is 0 Å². The van der Waals surface area contributed by atoms with Crippen LogP contribution in [0.1, 0.15) is 16.2 Å². The first kappa shape index (κ1) is 14.0. The van der Waals surface area contributed by atoms with Crippen LogP contribution >= 0.6 is 27.7 Å². The Balaban J connectivity index is 2.41. The largest absolute Gasteiger partial charge is 0.465 e. The molecule has 6 heteroatoms. The Morgan fingerprint density at radius 2 is 2.11 bits per heavy atom. The molecule has 1 heterocycles. The molecule has 0 fully saturated rings. The predicted octanol–water partition coefficient (Wildman–Crippen LogP) is 3.49. The number of aryl methyl sites for hydroxylation is 1. The second kappa shape index (κ2) is 6.16. The molecule has 0 saturated heterocycles. The summed E-state index contributed by atoms with van der Waals surface area (Å²) in [6.07, 6.45) is 1.49.